The molecule has 0 aliphatic rings. The van der Waals surface area contributed by atoms with Crippen molar-refractivity contribution in [2.45, 2.75) is 37.1 Å². The van der Waals surface area contributed by atoms with Crippen LogP contribution in [-0.4, -0.2) is 11.0 Å². The van der Waals surface area contributed by atoms with Crippen molar-refractivity contribution in [3.63, 3.8) is 0 Å². The predicted molar refractivity (Wildman–Crippen MR) is 156 cm³/mol. The van der Waals surface area contributed by atoms with Gasteiger partial charge in [0.05, 0.1) is 0 Å². The van der Waals surface area contributed by atoms with E-state index in [1.807, 2.05) is 0 Å². The normalized spacial score (nSPS) is 0. The summed E-state index contributed by atoms with van der Waals surface area (Å²) in [5.41, 5.74) is 0. The Balaban J connectivity index is 0. The Morgan fingerprint density at radius 2 is 0.167 bits per heavy atom. The Kier molecular flexibility index (Phi) is 256000. The van der Waals surface area contributed by atoms with Crippen LogP contribution in [0.1, 0.15) is 37.1 Å². The topological polar surface area (TPSA) is 63.0 Å². The maximum atomic E-state index is 0. The Morgan fingerprint density at radius 3 is 0.167 bits per heavy atom. The van der Waals surface area contributed by atoms with Crippen LogP contribution in [0.4, 0.5) is 0 Å². The van der Waals surface area contributed by atoms with Gasteiger partial charge in [-0.15, -0.1) is 0 Å². The molecule has 2 nitrogen and oxygen atoms in total. The molecule has 0 atom stereocenters. The van der Waals surface area contributed by atoms with E-state index in [9.17, 15) is 0 Å². The van der Waals surface area contributed by atoms with E-state index in [0.29, 0.717) is 0 Å². The average Bonchev–Trinajstić information content (AvgIpc) is 0. The Hall–Kier alpha value is 3.49. The van der Waals surface area contributed by atoms with Crippen LogP contribution in [0.15, 0.2) is 0 Å². The fourth-order valence-electron chi connectivity index (χ4n) is 0. The quantitative estimate of drug-likeness (QED) is 0.190. The summed E-state index contributed by atoms with van der Waals surface area (Å²) in [4.78, 5) is 0. The van der Waals surface area contributed by atoms with E-state index in [1.165, 1.54) is 0 Å². The van der Waals surface area contributed by atoms with E-state index in [4.69, 9.17) is 0 Å². The van der Waals surface area contributed by atoms with Gasteiger partial charge in [0.25, 0.3) is 0 Å². The molecule has 0 saturated carbocycles. The Bertz CT molecular complexity index is 29.6. The second-order valence-corrected chi connectivity index (χ2v) is 0. The first-order valence-electron chi connectivity index (χ1n) is 0. The molecule has 0 unspecified atom stereocenters. The first-order chi connectivity index (χ1) is 0. The number of rotatable bonds is 0. The monoisotopic (exact) mass is 626 g/mol. The first kappa shape index (κ1) is 2900. The van der Waals surface area contributed by atoms with Crippen molar-refractivity contribution in [1.29, 1.82) is 0 Å². The molecule has 0 aromatic rings. The molecule has 7 heteroatoms. The van der Waals surface area contributed by atoms with Gasteiger partial charge < -0.3 is 145 Å². The van der Waals surface area contributed by atoms with Gasteiger partial charge in [-0.25, -0.2) is 0 Å². The zero-order valence-electron chi connectivity index (χ0n) is 21.5. The molecule has 0 aromatic heterocycles. The minimum Gasteiger partial charge on any atom is -0.412 e. The first-order valence-corrected chi connectivity index (χ1v) is 0. The number of hydrogen-bond donors (Lipinski definition) is 0. The molecule has 0 aliphatic heterocycles. The molecule has 2 radical (unpaired) electrons. The van der Waals surface area contributed by atoms with Crippen molar-refractivity contribution in [1.82, 2.24) is 0 Å². The van der Waals surface area contributed by atoms with E-state index >= 15 is 0 Å². The van der Waals surface area contributed by atoms with Gasteiger partial charge in [0.2, 0.25) is 0 Å². The van der Waals surface area contributed by atoms with Crippen LogP contribution in [0.3, 0.4) is 0 Å². The Labute approximate surface area is 287 Å². The van der Waals surface area contributed by atoms with Crippen molar-refractivity contribution in [3.05, 3.63) is 134 Å². The predicted octanol–water partition coefficient (Wildman–Crippen LogP) is 9.62. The maximum Gasteiger partial charge on any atom is 4.00 e. The second kappa shape index (κ2) is 2640. The van der Waals surface area contributed by atoms with Crippen LogP contribution in [0.2, 0.25) is 0 Å². The van der Waals surface area contributed by atoms with Crippen LogP contribution in [0.5, 0.6) is 0 Å². The zero-order chi connectivity index (χ0) is 0. The third-order valence-electron chi connectivity index (χ3n) is 0. The summed E-state index contributed by atoms with van der Waals surface area (Å²) in [6, 6.07) is 0. The molecule has 0 amide bonds. The van der Waals surface area contributed by atoms with Gasteiger partial charge in [-0.05, 0) is 0 Å². The van der Waals surface area contributed by atoms with Crippen molar-refractivity contribution < 1.29 is 120 Å². The standard InChI is InChI=1S/5CH4.18CH3.2H2O.5Ti/h5*1H4;18*1H3;2*1H2;;;;;/q;;;;;18*-1;;;2*+3;3*+4. The van der Waals surface area contributed by atoms with E-state index in [2.05, 4.69) is 0 Å². The smallest absolute Gasteiger partial charge is 0.412 e. The van der Waals surface area contributed by atoms with E-state index in [-0.39, 0.29) is 290 Å². The summed E-state index contributed by atoms with van der Waals surface area (Å²) in [5, 5.41) is 0. The molecule has 30 heavy (non-hydrogen) atoms. The van der Waals surface area contributed by atoms with Gasteiger partial charge in [-0.2, -0.15) is 0 Å². The minimum atomic E-state index is 0. The zero-order valence-corrected chi connectivity index (χ0v) is 29.3. The molecule has 0 bridgehead atoms. The minimum absolute atomic E-state index is 0. The fourth-order valence-corrected chi connectivity index (χ4v) is 0. The molecule has 0 saturated heterocycles. The van der Waals surface area contributed by atoms with Gasteiger partial charge >= 0.3 is 109 Å². The van der Waals surface area contributed by atoms with Crippen LogP contribution in [0, 0.1) is 134 Å². The van der Waals surface area contributed by atoms with Crippen molar-refractivity contribution in [3.8, 4) is 0 Å². The van der Waals surface area contributed by atoms with E-state index in [0.717, 1.165) is 0 Å². The molecular weight excluding hydrogens is 548 g/mol. The van der Waals surface area contributed by atoms with E-state index in [1.54, 1.807) is 0 Å². The summed E-state index contributed by atoms with van der Waals surface area (Å²) in [6.45, 7) is 0. The molecule has 0 rings (SSSR count). The largest absolute Gasteiger partial charge is 4.00 e. The molecule has 202 valence electrons. The van der Waals surface area contributed by atoms with Gasteiger partial charge in [0.15, 0.2) is 0 Å². The third-order valence-corrected chi connectivity index (χ3v) is 0. The van der Waals surface area contributed by atoms with Crippen LogP contribution >= 0.6 is 0 Å². The average molecular weight is 626 g/mol. The third kappa shape index (κ3) is 2400. The van der Waals surface area contributed by atoms with Crippen molar-refractivity contribution in [2.75, 3.05) is 0 Å². The van der Waals surface area contributed by atoms with Crippen LogP contribution in [-0.2, 0) is 109 Å². The summed E-state index contributed by atoms with van der Waals surface area (Å²) >= 11 is 0. The summed E-state index contributed by atoms with van der Waals surface area (Å²) in [6.07, 6.45) is 0. The van der Waals surface area contributed by atoms with Gasteiger partial charge in [-0.3, -0.25) is 0 Å². The van der Waals surface area contributed by atoms with E-state index < -0.39 is 0 Å². The summed E-state index contributed by atoms with van der Waals surface area (Å²) < 4.78 is 0. The summed E-state index contributed by atoms with van der Waals surface area (Å²) in [7, 11) is 0. The second-order valence-electron chi connectivity index (χ2n) is 0. The maximum absolute atomic E-state index is 0. The van der Waals surface area contributed by atoms with Crippen molar-refractivity contribution >= 4 is 0 Å². The molecular formula is C23H78O2Ti5. The molecule has 0 fully saturated rings. The molecule has 0 spiro atoms. The van der Waals surface area contributed by atoms with Crippen LogP contribution < -0.4 is 0 Å². The van der Waals surface area contributed by atoms with Crippen molar-refractivity contribution in [2.24, 2.45) is 0 Å². The molecule has 0 heterocycles. The summed E-state index contributed by atoms with van der Waals surface area (Å²) in [5.74, 6) is 0. The Morgan fingerprint density at radius 1 is 0.167 bits per heavy atom. The molecule has 4 N–H and O–H groups in total. The fraction of sp³-hybridized carbons (Fsp3) is 0.217. The number of hydrogen-bond acceptors (Lipinski definition) is 0. The van der Waals surface area contributed by atoms with Gasteiger partial charge in [0, 0.05) is 0 Å². The van der Waals surface area contributed by atoms with Gasteiger partial charge in [-0.1, -0.05) is 37.1 Å². The molecule has 0 aliphatic carbocycles. The SMILES string of the molecule is C.C.C.C.C.O.O.[CH3-].[CH3-].[CH3-].[CH3-].[CH3-].[CH3-].[CH3-].[CH3-].[CH3-].[CH3-].[CH3-].[CH3-].[CH3-].[CH3-].[CH3-].[CH3-].[CH3-].[CH3-].[Ti+3].[Ti+3].[Ti+4].[Ti+4].[Ti+4]. The van der Waals surface area contributed by atoms with Crippen LogP contribution in [0.25, 0.3) is 0 Å². The molecule has 0 aromatic carbocycles. The van der Waals surface area contributed by atoms with Gasteiger partial charge in [0.1, 0.15) is 0 Å².